The van der Waals surface area contributed by atoms with E-state index in [0.29, 0.717) is 49.6 Å². The van der Waals surface area contributed by atoms with E-state index in [-0.39, 0.29) is 5.91 Å². The Hall–Kier alpha value is -3.17. The topological polar surface area (TPSA) is 101 Å². The van der Waals surface area contributed by atoms with E-state index < -0.39 is 11.2 Å². The lowest BCUT2D eigenvalue weighted by Gasteiger charge is -2.36. The molecular weight excluding hydrogens is 410 g/mol. The number of carbonyl (C=O) groups is 1. The van der Waals surface area contributed by atoms with Crippen LogP contribution in [-0.2, 0) is 11.2 Å². The Morgan fingerprint density at radius 2 is 2.06 bits per heavy atom. The summed E-state index contributed by atoms with van der Waals surface area (Å²) in [6, 6.07) is 5.67. The fourth-order valence-corrected chi connectivity index (χ4v) is 4.17. The average molecular weight is 438 g/mol. The maximum atomic E-state index is 13.2. The summed E-state index contributed by atoms with van der Waals surface area (Å²) >= 11 is 0. The first-order chi connectivity index (χ1) is 15.2. The van der Waals surface area contributed by atoms with Gasteiger partial charge in [0, 0.05) is 43.5 Å². The van der Waals surface area contributed by atoms with Crippen LogP contribution in [0.5, 0.6) is 5.75 Å². The van der Waals surface area contributed by atoms with Gasteiger partial charge in [-0.05, 0) is 32.9 Å². The second-order valence-corrected chi connectivity index (χ2v) is 9.05. The smallest absolute Gasteiger partial charge is 0.261 e. The summed E-state index contributed by atoms with van der Waals surface area (Å²) in [4.78, 5) is 19.7. The Kier molecular flexibility index (Phi) is 4.83. The fourth-order valence-electron chi connectivity index (χ4n) is 4.17. The van der Waals surface area contributed by atoms with Gasteiger partial charge < -0.3 is 24.8 Å². The molecule has 5 rings (SSSR count). The lowest BCUT2D eigenvalue weighted by molar-refractivity contribution is -0.0900. The summed E-state index contributed by atoms with van der Waals surface area (Å²) in [6.07, 6.45) is 5.45. The van der Waals surface area contributed by atoms with Crippen molar-refractivity contribution in [1.29, 1.82) is 0 Å². The molecule has 0 spiro atoms. The number of anilines is 2. The van der Waals surface area contributed by atoms with Gasteiger partial charge in [-0.2, -0.15) is 5.10 Å². The van der Waals surface area contributed by atoms with E-state index in [0.717, 1.165) is 17.0 Å². The van der Waals surface area contributed by atoms with Crippen LogP contribution in [0.2, 0.25) is 0 Å². The molecular formula is C23H27N5O4. The van der Waals surface area contributed by atoms with Gasteiger partial charge in [-0.15, -0.1) is 0 Å². The molecule has 2 aliphatic rings. The highest BCUT2D eigenvalue weighted by Gasteiger charge is 2.47. The Morgan fingerprint density at radius 1 is 1.28 bits per heavy atom. The normalized spacial score (nSPS) is 20.8. The van der Waals surface area contributed by atoms with Crippen molar-refractivity contribution in [3.05, 3.63) is 47.9 Å². The third-order valence-corrected chi connectivity index (χ3v) is 6.46. The minimum atomic E-state index is -1.03. The van der Waals surface area contributed by atoms with E-state index in [4.69, 9.17) is 9.47 Å². The van der Waals surface area contributed by atoms with Crippen LogP contribution in [0.4, 0.5) is 11.4 Å². The number of rotatable bonds is 4. The SMILES string of the molecule is CC(C)(O)C1(C)Cc2cc(NC(=O)c3cnn4cccnc34)c(N3CCOCC3)cc2O1. The van der Waals surface area contributed by atoms with Crippen LogP contribution in [0, 0.1) is 0 Å². The van der Waals surface area contributed by atoms with Crippen molar-refractivity contribution in [1.82, 2.24) is 14.6 Å². The van der Waals surface area contributed by atoms with E-state index in [9.17, 15) is 9.90 Å². The molecule has 0 aliphatic carbocycles. The molecule has 1 aromatic carbocycles. The molecule has 1 unspecified atom stereocenters. The first-order valence-electron chi connectivity index (χ1n) is 10.8. The molecule has 0 bridgehead atoms. The number of carbonyl (C=O) groups excluding carboxylic acids is 1. The number of amides is 1. The zero-order chi connectivity index (χ0) is 22.5. The number of benzene rings is 1. The van der Waals surface area contributed by atoms with E-state index in [1.54, 1.807) is 36.8 Å². The zero-order valence-corrected chi connectivity index (χ0v) is 18.5. The van der Waals surface area contributed by atoms with Crippen LogP contribution >= 0.6 is 0 Å². The van der Waals surface area contributed by atoms with Crippen molar-refractivity contribution in [2.24, 2.45) is 0 Å². The Labute approximate surface area is 186 Å². The largest absolute Gasteiger partial charge is 0.484 e. The highest BCUT2D eigenvalue weighted by Crippen LogP contribution is 2.45. The summed E-state index contributed by atoms with van der Waals surface area (Å²) in [7, 11) is 0. The average Bonchev–Trinajstić information content (AvgIpc) is 3.34. The minimum absolute atomic E-state index is 0.280. The number of nitrogens with zero attached hydrogens (tertiary/aromatic N) is 4. The van der Waals surface area contributed by atoms with Crippen molar-refractivity contribution >= 4 is 22.9 Å². The van der Waals surface area contributed by atoms with Crippen molar-refractivity contribution in [3.63, 3.8) is 0 Å². The van der Waals surface area contributed by atoms with Crippen LogP contribution < -0.4 is 15.0 Å². The maximum Gasteiger partial charge on any atom is 0.261 e. The number of fused-ring (bicyclic) bond motifs is 2. The summed E-state index contributed by atoms with van der Waals surface area (Å²) in [5, 5.41) is 18.0. The molecule has 4 heterocycles. The monoisotopic (exact) mass is 437 g/mol. The molecule has 0 saturated carbocycles. The summed E-state index contributed by atoms with van der Waals surface area (Å²) in [5.74, 6) is 0.448. The number of aliphatic hydroxyl groups is 1. The molecule has 9 nitrogen and oxygen atoms in total. The molecule has 0 radical (unpaired) electrons. The molecule has 1 saturated heterocycles. The van der Waals surface area contributed by atoms with Gasteiger partial charge in [0.05, 0.1) is 36.4 Å². The number of morpholine rings is 1. The van der Waals surface area contributed by atoms with Crippen molar-refractivity contribution < 1.29 is 19.4 Å². The van der Waals surface area contributed by atoms with Gasteiger partial charge >= 0.3 is 0 Å². The number of hydrogen-bond acceptors (Lipinski definition) is 7. The van der Waals surface area contributed by atoms with Crippen LogP contribution in [-0.4, -0.2) is 63.1 Å². The third-order valence-electron chi connectivity index (χ3n) is 6.46. The Balaban J connectivity index is 1.52. The van der Waals surface area contributed by atoms with E-state index in [2.05, 4.69) is 20.3 Å². The van der Waals surface area contributed by atoms with E-state index in [1.807, 2.05) is 19.1 Å². The first-order valence-corrected chi connectivity index (χ1v) is 10.8. The van der Waals surface area contributed by atoms with Gasteiger partial charge in [-0.25, -0.2) is 9.50 Å². The number of nitrogens with one attached hydrogen (secondary N) is 1. The molecule has 1 fully saturated rings. The van der Waals surface area contributed by atoms with Crippen LogP contribution in [0.3, 0.4) is 0 Å². The van der Waals surface area contributed by atoms with Gasteiger partial charge in [0.15, 0.2) is 5.65 Å². The summed E-state index contributed by atoms with van der Waals surface area (Å²) in [5.41, 5.74) is 1.61. The molecule has 3 aromatic rings. The van der Waals surface area contributed by atoms with Gasteiger partial charge in [0.25, 0.3) is 5.91 Å². The number of ether oxygens (including phenoxy) is 2. The van der Waals surface area contributed by atoms with Gasteiger partial charge in [0.1, 0.15) is 16.9 Å². The molecule has 2 N–H and O–H groups in total. The van der Waals surface area contributed by atoms with Crippen LogP contribution in [0.1, 0.15) is 36.7 Å². The number of hydrogen-bond donors (Lipinski definition) is 2. The van der Waals surface area contributed by atoms with Gasteiger partial charge in [-0.3, -0.25) is 4.79 Å². The predicted molar refractivity (Wildman–Crippen MR) is 119 cm³/mol. The van der Waals surface area contributed by atoms with E-state index in [1.165, 1.54) is 6.20 Å². The molecule has 1 atom stereocenters. The molecule has 1 amide bonds. The van der Waals surface area contributed by atoms with Gasteiger partial charge in [-0.1, -0.05) is 0 Å². The standard InChI is InChI=1S/C23H27N5O4/c1-22(2,30)23(3)13-15-11-17(18(12-19(15)32-23)27-7-9-31-10-8-27)26-21(29)16-14-25-28-6-4-5-24-20(16)28/h4-6,11-12,14,30H,7-10,13H2,1-3H3,(H,26,29). The molecule has 32 heavy (non-hydrogen) atoms. The van der Waals surface area contributed by atoms with Crippen LogP contribution in [0.15, 0.2) is 36.8 Å². The minimum Gasteiger partial charge on any atom is -0.484 e. The molecule has 9 heteroatoms. The highest BCUT2D eigenvalue weighted by molar-refractivity contribution is 6.09. The number of aromatic nitrogens is 3. The summed E-state index contributed by atoms with van der Waals surface area (Å²) < 4.78 is 13.3. The quantitative estimate of drug-likeness (QED) is 0.646. The van der Waals surface area contributed by atoms with Crippen molar-refractivity contribution in [2.45, 2.75) is 38.4 Å². The van der Waals surface area contributed by atoms with Crippen molar-refractivity contribution in [2.75, 3.05) is 36.5 Å². The lowest BCUT2D eigenvalue weighted by Crippen LogP contribution is -2.51. The lowest BCUT2D eigenvalue weighted by atomic mass is 9.84. The van der Waals surface area contributed by atoms with Gasteiger partial charge in [0.2, 0.25) is 0 Å². The third kappa shape index (κ3) is 3.47. The molecule has 168 valence electrons. The Morgan fingerprint density at radius 3 is 2.81 bits per heavy atom. The second-order valence-electron chi connectivity index (χ2n) is 9.05. The predicted octanol–water partition coefficient (Wildman–Crippen LogP) is 2.28. The highest BCUT2D eigenvalue weighted by atomic mass is 16.5. The van der Waals surface area contributed by atoms with Crippen LogP contribution in [0.25, 0.3) is 5.65 Å². The summed E-state index contributed by atoms with van der Waals surface area (Å²) in [6.45, 7) is 8.07. The van der Waals surface area contributed by atoms with Crippen molar-refractivity contribution in [3.8, 4) is 5.75 Å². The first kappa shape index (κ1) is 20.7. The zero-order valence-electron chi connectivity index (χ0n) is 18.5. The fraction of sp³-hybridized carbons (Fsp3) is 0.435. The second kappa shape index (κ2) is 7.46. The van der Waals surface area contributed by atoms with E-state index >= 15 is 0 Å². The molecule has 2 aliphatic heterocycles. The molecule has 2 aromatic heterocycles. The Bertz CT molecular complexity index is 1180. The maximum absolute atomic E-state index is 13.2.